The largest absolute Gasteiger partial charge is 0.493 e. The second kappa shape index (κ2) is 10.3. The van der Waals surface area contributed by atoms with Crippen LogP contribution in [0.15, 0.2) is 63.5 Å². The van der Waals surface area contributed by atoms with E-state index in [1.54, 1.807) is 42.7 Å². The Morgan fingerprint density at radius 3 is 2.47 bits per heavy atom. The fraction of sp³-hybridized carbons (Fsp3) is 0.259. The molecule has 0 amide bonds. The second-order valence-electron chi connectivity index (χ2n) is 8.22. The summed E-state index contributed by atoms with van der Waals surface area (Å²) in [4.78, 5) is 43.0. The van der Waals surface area contributed by atoms with Crippen molar-refractivity contribution in [3.8, 4) is 11.5 Å². The number of ether oxygens (including phenoxy) is 3. The molecule has 8 nitrogen and oxygen atoms in total. The van der Waals surface area contributed by atoms with Gasteiger partial charge in [-0.1, -0.05) is 47.2 Å². The van der Waals surface area contributed by atoms with Gasteiger partial charge in [0.15, 0.2) is 16.3 Å². The Morgan fingerprint density at radius 2 is 1.83 bits per heavy atom. The minimum Gasteiger partial charge on any atom is -0.493 e. The van der Waals surface area contributed by atoms with Crippen molar-refractivity contribution in [3.05, 3.63) is 90.1 Å². The average molecular weight is 507 g/mol. The Bertz CT molecular complexity index is 1550. The van der Waals surface area contributed by atoms with Gasteiger partial charge in [0.25, 0.3) is 5.56 Å². The maximum absolute atomic E-state index is 13.7. The van der Waals surface area contributed by atoms with Crippen LogP contribution >= 0.6 is 11.3 Å². The molecule has 186 valence electrons. The molecule has 2 aromatic carbocycles. The lowest BCUT2D eigenvalue weighted by Crippen LogP contribution is -2.39. The highest BCUT2D eigenvalue weighted by Crippen LogP contribution is 2.31. The molecule has 0 spiro atoms. The number of rotatable bonds is 6. The van der Waals surface area contributed by atoms with Gasteiger partial charge in [0, 0.05) is 6.92 Å². The number of nitrogens with zero attached hydrogens (tertiary/aromatic N) is 2. The highest BCUT2D eigenvalue weighted by Gasteiger charge is 2.33. The Hall–Kier alpha value is -3.98. The van der Waals surface area contributed by atoms with E-state index in [-0.39, 0.29) is 17.9 Å². The van der Waals surface area contributed by atoms with Crippen molar-refractivity contribution in [2.75, 3.05) is 13.7 Å². The van der Waals surface area contributed by atoms with E-state index in [0.717, 1.165) is 11.1 Å². The predicted octanol–water partition coefficient (Wildman–Crippen LogP) is 3.04. The molecule has 2 heterocycles. The molecule has 1 unspecified atom stereocenters. The summed E-state index contributed by atoms with van der Waals surface area (Å²) in [6, 6.07) is 12.1. The number of benzene rings is 2. The van der Waals surface area contributed by atoms with Crippen LogP contribution in [-0.2, 0) is 14.3 Å². The molecule has 0 bridgehead atoms. The number of esters is 2. The normalized spacial score (nSPS) is 15.2. The smallest absolute Gasteiger partial charge is 0.338 e. The van der Waals surface area contributed by atoms with Gasteiger partial charge in [-0.05, 0) is 50.1 Å². The topological polar surface area (TPSA) is 96.2 Å². The van der Waals surface area contributed by atoms with Crippen LogP contribution in [-0.4, -0.2) is 30.2 Å². The van der Waals surface area contributed by atoms with Gasteiger partial charge in [-0.2, -0.15) is 0 Å². The molecule has 0 N–H and O–H groups in total. The first-order valence-corrected chi connectivity index (χ1v) is 12.2. The molecule has 0 saturated carbocycles. The Kier molecular flexibility index (Phi) is 7.21. The predicted molar refractivity (Wildman–Crippen MR) is 136 cm³/mol. The Balaban J connectivity index is 1.89. The fourth-order valence-electron chi connectivity index (χ4n) is 4.02. The standard InChI is InChI=1S/C27H26N2O6S/c1-6-34-26(32)23-16(3)28-27-29(24(23)19-10-7-15(2)8-11-19)25(31)22(36-27)14-18-9-12-20(35-17(4)30)21(13-18)33-5/h7-14,24H,6H2,1-5H3/b22-14-. The molecule has 1 aliphatic heterocycles. The number of carbonyl (C=O) groups excluding carboxylic acids is 2. The van der Waals surface area contributed by atoms with Gasteiger partial charge >= 0.3 is 11.9 Å². The number of aromatic nitrogens is 1. The van der Waals surface area contributed by atoms with E-state index < -0.39 is 18.0 Å². The number of hydrogen-bond donors (Lipinski definition) is 0. The second-order valence-corrected chi connectivity index (χ2v) is 9.23. The molecule has 4 rings (SSSR count). The highest BCUT2D eigenvalue weighted by atomic mass is 32.1. The third-order valence-electron chi connectivity index (χ3n) is 5.65. The third kappa shape index (κ3) is 4.87. The summed E-state index contributed by atoms with van der Waals surface area (Å²) in [6.07, 6.45) is 1.72. The summed E-state index contributed by atoms with van der Waals surface area (Å²) in [5, 5.41) is 0. The first-order chi connectivity index (χ1) is 17.2. The molecule has 0 fully saturated rings. The van der Waals surface area contributed by atoms with E-state index in [0.29, 0.717) is 31.9 Å². The lowest BCUT2D eigenvalue weighted by Gasteiger charge is -2.24. The van der Waals surface area contributed by atoms with E-state index in [1.165, 1.54) is 25.4 Å². The molecular weight excluding hydrogens is 480 g/mol. The van der Waals surface area contributed by atoms with Crippen LogP contribution in [0.4, 0.5) is 0 Å². The fourth-order valence-corrected chi connectivity index (χ4v) is 5.07. The lowest BCUT2D eigenvalue weighted by molar-refractivity contribution is -0.139. The van der Waals surface area contributed by atoms with Gasteiger partial charge in [-0.25, -0.2) is 9.79 Å². The summed E-state index contributed by atoms with van der Waals surface area (Å²) >= 11 is 1.23. The van der Waals surface area contributed by atoms with E-state index in [1.807, 2.05) is 31.2 Å². The molecule has 36 heavy (non-hydrogen) atoms. The number of carbonyl (C=O) groups is 2. The lowest BCUT2D eigenvalue weighted by atomic mass is 9.95. The zero-order valence-corrected chi connectivity index (χ0v) is 21.5. The molecular formula is C27H26N2O6S. The molecule has 1 aliphatic rings. The monoisotopic (exact) mass is 506 g/mol. The van der Waals surface area contributed by atoms with Crippen molar-refractivity contribution in [2.24, 2.45) is 4.99 Å². The van der Waals surface area contributed by atoms with Crippen LogP contribution < -0.4 is 24.4 Å². The summed E-state index contributed by atoms with van der Waals surface area (Å²) in [7, 11) is 1.47. The van der Waals surface area contributed by atoms with Crippen molar-refractivity contribution in [3.63, 3.8) is 0 Å². The number of allylic oxidation sites excluding steroid dienone is 1. The van der Waals surface area contributed by atoms with Crippen LogP contribution in [0.1, 0.15) is 43.5 Å². The summed E-state index contributed by atoms with van der Waals surface area (Å²) < 4.78 is 17.8. The van der Waals surface area contributed by atoms with Gasteiger partial charge in [0.05, 0.1) is 35.6 Å². The van der Waals surface area contributed by atoms with Gasteiger partial charge in [-0.15, -0.1) is 0 Å². The molecule has 1 aromatic heterocycles. The van der Waals surface area contributed by atoms with Crippen LogP contribution in [0.3, 0.4) is 0 Å². The van der Waals surface area contributed by atoms with Crippen LogP contribution in [0, 0.1) is 6.92 Å². The van der Waals surface area contributed by atoms with Crippen molar-refractivity contribution < 1.29 is 23.8 Å². The summed E-state index contributed by atoms with van der Waals surface area (Å²) in [6.45, 7) is 6.99. The minimum atomic E-state index is -0.663. The van der Waals surface area contributed by atoms with E-state index in [2.05, 4.69) is 4.99 Å². The Labute approximate surface area is 211 Å². The molecule has 1 atom stereocenters. The minimum absolute atomic E-state index is 0.214. The van der Waals surface area contributed by atoms with Gasteiger partial charge in [0.1, 0.15) is 0 Å². The van der Waals surface area contributed by atoms with Crippen molar-refractivity contribution in [2.45, 2.75) is 33.7 Å². The zero-order valence-electron chi connectivity index (χ0n) is 20.7. The van der Waals surface area contributed by atoms with Crippen LogP contribution in [0.2, 0.25) is 0 Å². The number of thiazole rings is 1. The number of hydrogen-bond acceptors (Lipinski definition) is 8. The molecule has 0 saturated heterocycles. The number of methoxy groups -OCH3 is 1. The quantitative estimate of drug-likeness (QED) is 0.377. The summed E-state index contributed by atoms with van der Waals surface area (Å²) in [5.74, 6) is -0.301. The van der Waals surface area contributed by atoms with E-state index in [9.17, 15) is 14.4 Å². The van der Waals surface area contributed by atoms with Gasteiger partial charge in [-0.3, -0.25) is 14.2 Å². The first-order valence-electron chi connectivity index (χ1n) is 11.4. The van der Waals surface area contributed by atoms with Crippen molar-refractivity contribution in [1.29, 1.82) is 0 Å². The van der Waals surface area contributed by atoms with E-state index in [4.69, 9.17) is 14.2 Å². The molecule has 0 aliphatic carbocycles. The number of fused-ring (bicyclic) bond motifs is 1. The SMILES string of the molecule is CCOC(=O)C1=C(C)N=c2s/c(=C\c3ccc(OC(C)=O)c(OC)c3)c(=O)n2C1c1ccc(C)cc1. The average Bonchev–Trinajstić information content (AvgIpc) is 3.13. The maximum Gasteiger partial charge on any atom is 0.338 e. The summed E-state index contributed by atoms with van der Waals surface area (Å²) in [5.41, 5.74) is 3.11. The first kappa shape index (κ1) is 25.1. The van der Waals surface area contributed by atoms with Crippen molar-refractivity contribution in [1.82, 2.24) is 4.57 Å². The van der Waals surface area contributed by atoms with Gasteiger partial charge in [0.2, 0.25) is 0 Å². The Morgan fingerprint density at radius 1 is 1.11 bits per heavy atom. The molecule has 9 heteroatoms. The van der Waals surface area contributed by atoms with E-state index >= 15 is 0 Å². The zero-order chi connectivity index (χ0) is 26.0. The third-order valence-corrected chi connectivity index (χ3v) is 6.63. The van der Waals surface area contributed by atoms with Gasteiger partial charge < -0.3 is 14.2 Å². The van der Waals surface area contributed by atoms with Crippen molar-refractivity contribution >= 4 is 29.4 Å². The highest BCUT2D eigenvalue weighted by molar-refractivity contribution is 7.07. The van der Waals surface area contributed by atoms with Crippen LogP contribution in [0.5, 0.6) is 11.5 Å². The maximum atomic E-state index is 13.7. The molecule has 3 aromatic rings. The van der Waals surface area contributed by atoms with Crippen LogP contribution in [0.25, 0.3) is 6.08 Å². The number of aryl methyl sites for hydroxylation is 1. The molecule has 0 radical (unpaired) electrons.